The SMILES string of the molecule is NCC(CC(=O)NC1CC1)NCCC1CCC1. The lowest BCUT2D eigenvalue weighted by Gasteiger charge is -2.26. The Hall–Kier alpha value is -0.610. The first kappa shape index (κ1) is 12.8. The number of amides is 1. The summed E-state index contributed by atoms with van der Waals surface area (Å²) in [6.45, 7) is 1.55. The Morgan fingerprint density at radius 2 is 2.06 bits per heavy atom. The largest absolute Gasteiger partial charge is 0.353 e. The van der Waals surface area contributed by atoms with Gasteiger partial charge in [0.2, 0.25) is 5.91 Å². The second-order valence-electron chi connectivity index (χ2n) is 5.52. The molecule has 0 aliphatic heterocycles. The van der Waals surface area contributed by atoms with Gasteiger partial charge in [-0.2, -0.15) is 0 Å². The van der Waals surface area contributed by atoms with E-state index in [2.05, 4.69) is 10.6 Å². The second-order valence-corrected chi connectivity index (χ2v) is 5.52. The minimum Gasteiger partial charge on any atom is -0.353 e. The van der Waals surface area contributed by atoms with Gasteiger partial charge in [0.25, 0.3) is 0 Å². The van der Waals surface area contributed by atoms with Crippen LogP contribution in [0.4, 0.5) is 0 Å². The molecule has 2 rings (SSSR count). The quantitative estimate of drug-likeness (QED) is 0.586. The lowest BCUT2D eigenvalue weighted by atomic mass is 9.83. The zero-order valence-electron chi connectivity index (χ0n) is 10.6. The minimum atomic E-state index is 0.147. The first-order valence-electron chi connectivity index (χ1n) is 7.00. The Labute approximate surface area is 104 Å². The van der Waals surface area contributed by atoms with Gasteiger partial charge in [-0.1, -0.05) is 19.3 Å². The summed E-state index contributed by atoms with van der Waals surface area (Å²) in [6.07, 6.45) is 8.23. The Morgan fingerprint density at radius 3 is 2.59 bits per heavy atom. The van der Waals surface area contributed by atoms with Crippen molar-refractivity contribution in [1.29, 1.82) is 0 Å². The normalized spacial score (nSPS) is 21.9. The molecule has 4 nitrogen and oxygen atoms in total. The maximum atomic E-state index is 11.6. The van der Waals surface area contributed by atoms with Gasteiger partial charge in [-0.05, 0) is 31.7 Å². The molecule has 2 saturated carbocycles. The van der Waals surface area contributed by atoms with Gasteiger partial charge >= 0.3 is 0 Å². The molecule has 0 aromatic carbocycles. The van der Waals surface area contributed by atoms with Gasteiger partial charge in [0.15, 0.2) is 0 Å². The molecule has 17 heavy (non-hydrogen) atoms. The van der Waals surface area contributed by atoms with Gasteiger partial charge in [-0.25, -0.2) is 0 Å². The third-order valence-electron chi connectivity index (χ3n) is 3.87. The maximum Gasteiger partial charge on any atom is 0.221 e. The highest BCUT2D eigenvalue weighted by atomic mass is 16.1. The molecule has 98 valence electrons. The monoisotopic (exact) mass is 239 g/mol. The molecule has 4 heteroatoms. The molecule has 4 N–H and O–H groups in total. The van der Waals surface area contributed by atoms with E-state index in [9.17, 15) is 4.79 Å². The molecule has 1 unspecified atom stereocenters. The van der Waals surface area contributed by atoms with E-state index in [-0.39, 0.29) is 11.9 Å². The molecule has 0 saturated heterocycles. The van der Waals surface area contributed by atoms with Crippen molar-refractivity contribution in [2.75, 3.05) is 13.1 Å². The zero-order chi connectivity index (χ0) is 12.1. The van der Waals surface area contributed by atoms with Crippen LogP contribution >= 0.6 is 0 Å². The van der Waals surface area contributed by atoms with Gasteiger partial charge in [-0.15, -0.1) is 0 Å². The first-order valence-corrected chi connectivity index (χ1v) is 7.00. The number of carbonyl (C=O) groups is 1. The van der Waals surface area contributed by atoms with Crippen LogP contribution < -0.4 is 16.4 Å². The summed E-state index contributed by atoms with van der Waals surface area (Å²) in [5, 5.41) is 6.41. The van der Waals surface area contributed by atoms with Crippen LogP contribution in [0.3, 0.4) is 0 Å². The van der Waals surface area contributed by atoms with Gasteiger partial charge < -0.3 is 16.4 Å². The van der Waals surface area contributed by atoms with E-state index < -0.39 is 0 Å². The van der Waals surface area contributed by atoms with E-state index in [1.165, 1.54) is 25.7 Å². The van der Waals surface area contributed by atoms with E-state index in [1.807, 2.05) is 0 Å². The molecule has 1 amide bonds. The number of nitrogens with one attached hydrogen (secondary N) is 2. The van der Waals surface area contributed by atoms with Crippen molar-refractivity contribution < 1.29 is 4.79 Å². The fraction of sp³-hybridized carbons (Fsp3) is 0.923. The molecular formula is C13H25N3O. The fourth-order valence-electron chi connectivity index (χ4n) is 2.25. The van der Waals surface area contributed by atoms with E-state index in [1.54, 1.807) is 0 Å². The summed E-state index contributed by atoms with van der Waals surface area (Å²) in [5.41, 5.74) is 5.69. The molecule has 1 atom stereocenters. The molecule has 0 aromatic heterocycles. The Kier molecular flexibility index (Phi) is 4.80. The molecule has 0 radical (unpaired) electrons. The molecule has 0 aromatic rings. The van der Waals surface area contributed by atoms with Gasteiger partial charge in [0.1, 0.15) is 0 Å². The zero-order valence-corrected chi connectivity index (χ0v) is 10.6. The minimum absolute atomic E-state index is 0.147. The standard InChI is InChI=1S/C13H25N3O/c14-9-12(8-13(17)16-11-4-5-11)15-7-6-10-2-1-3-10/h10-12,15H,1-9,14H2,(H,16,17). The molecule has 2 fully saturated rings. The Bertz CT molecular complexity index is 249. The van der Waals surface area contributed by atoms with Crippen LogP contribution in [0.5, 0.6) is 0 Å². The number of rotatable bonds is 8. The van der Waals surface area contributed by atoms with E-state index >= 15 is 0 Å². The third kappa shape index (κ3) is 4.64. The van der Waals surface area contributed by atoms with E-state index in [0.717, 1.165) is 25.3 Å². The van der Waals surface area contributed by atoms with E-state index in [0.29, 0.717) is 19.0 Å². The van der Waals surface area contributed by atoms with Crippen molar-refractivity contribution in [3.63, 3.8) is 0 Å². The van der Waals surface area contributed by atoms with Crippen LogP contribution in [-0.4, -0.2) is 31.1 Å². The van der Waals surface area contributed by atoms with Gasteiger partial charge in [0, 0.05) is 25.0 Å². The smallest absolute Gasteiger partial charge is 0.221 e. The topological polar surface area (TPSA) is 67.2 Å². The summed E-state index contributed by atoms with van der Waals surface area (Å²) < 4.78 is 0. The van der Waals surface area contributed by atoms with Crippen LogP contribution in [-0.2, 0) is 4.79 Å². The lowest BCUT2D eigenvalue weighted by Crippen LogP contribution is -2.42. The average Bonchev–Trinajstić information content (AvgIpc) is 3.03. The molecular weight excluding hydrogens is 214 g/mol. The van der Waals surface area contributed by atoms with Gasteiger partial charge in [0.05, 0.1) is 0 Å². The predicted molar refractivity (Wildman–Crippen MR) is 68.6 cm³/mol. The third-order valence-corrected chi connectivity index (χ3v) is 3.87. The van der Waals surface area contributed by atoms with Crippen molar-refractivity contribution in [1.82, 2.24) is 10.6 Å². The van der Waals surface area contributed by atoms with Crippen LogP contribution in [0, 0.1) is 5.92 Å². The van der Waals surface area contributed by atoms with Crippen LogP contribution in [0.25, 0.3) is 0 Å². The fourth-order valence-corrected chi connectivity index (χ4v) is 2.25. The molecule has 0 spiro atoms. The van der Waals surface area contributed by atoms with Crippen molar-refractivity contribution in [2.24, 2.45) is 11.7 Å². The summed E-state index contributed by atoms with van der Waals surface area (Å²) >= 11 is 0. The predicted octanol–water partition coefficient (Wildman–Crippen LogP) is 0.762. The molecule has 0 heterocycles. The highest BCUT2D eigenvalue weighted by Gasteiger charge is 2.24. The molecule has 2 aliphatic carbocycles. The highest BCUT2D eigenvalue weighted by Crippen LogP contribution is 2.28. The number of hydrogen-bond donors (Lipinski definition) is 3. The van der Waals surface area contributed by atoms with Crippen molar-refractivity contribution >= 4 is 5.91 Å². The van der Waals surface area contributed by atoms with Crippen LogP contribution in [0.15, 0.2) is 0 Å². The number of carbonyl (C=O) groups excluding carboxylic acids is 1. The van der Waals surface area contributed by atoms with Crippen molar-refractivity contribution in [3.8, 4) is 0 Å². The van der Waals surface area contributed by atoms with Crippen molar-refractivity contribution in [2.45, 2.75) is 57.0 Å². The summed E-state index contributed by atoms with van der Waals surface area (Å²) in [6, 6.07) is 0.602. The van der Waals surface area contributed by atoms with Crippen molar-refractivity contribution in [3.05, 3.63) is 0 Å². The molecule has 0 bridgehead atoms. The Balaban J connectivity index is 1.55. The van der Waals surface area contributed by atoms with Gasteiger partial charge in [-0.3, -0.25) is 4.79 Å². The number of nitrogens with two attached hydrogens (primary N) is 1. The van der Waals surface area contributed by atoms with Crippen LogP contribution in [0.2, 0.25) is 0 Å². The number of hydrogen-bond acceptors (Lipinski definition) is 3. The summed E-state index contributed by atoms with van der Waals surface area (Å²) in [4.78, 5) is 11.6. The maximum absolute atomic E-state index is 11.6. The highest BCUT2D eigenvalue weighted by molar-refractivity contribution is 5.77. The Morgan fingerprint density at radius 1 is 1.29 bits per heavy atom. The summed E-state index contributed by atoms with van der Waals surface area (Å²) in [7, 11) is 0. The van der Waals surface area contributed by atoms with E-state index in [4.69, 9.17) is 5.73 Å². The molecule has 2 aliphatic rings. The van der Waals surface area contributed by atoms with Crippen LogP contribution in [0.1, 0.15) is 44.9 Å². The second kappa shape index (κ2) is 6.36. The first-order chi connectivity index (χ1) is 8.28. The summed E-state index contributed by atoms with van der Waals surface area (Å²) in [5.74, 6) is 1.07. The average molecular weight is 239 g/mol. The lowest BCUT2D eigenvalue weighted by molar-refractivity contribution is -0.121.